The summed E-state index contributed by atoms with van der Waals surface area (Å²) in [5.74, 6) is 0.750. The van der Waals surface area contributed by atoms with Crippen LogP contribution in [-0.4, -0.2) is 17.6 Å². The largest absolute Gasteiger partial charge is 0.367 e. The minimum Gasteiger partial charge on any atom is -0.367 e. The zero-order valence-electron chi connectivity index (χ0n) is 10.2. The van der Waals surface area contributed by atoms with E-state index in [1.54, 1.807) is 0 Å². The van der Waals surface area contributed by atoms with Gasteiger partial charge in [-0.2, -0.15) is 0 Å². The van der Waals surface area contributed by atoms with E-state index in [2.05, 4.69) is 23.7 Å². The summed E-state index contributed by atoms with van der Waals surface area (Å²) in [6.07, 6.45) is 6.38. The maximum atomic E-state index is 5.78. The van der Waals surface area contributed by atoms with Gasteiger partial charge >= 0.3 is 0 Å². The predicted molar refractivity (Wildman–Crippen MR) is 67.3 cm³/mol. The number of hydrogen-bond acceptors (Lipinski definition) is 3. The van der Waals surface area contributed by atoms with Gasteiger partial charge in [0.2, 0.25) is 0 Å². The summed E-state index contributed by atoms with van der Waals surface area (Å²) in [6.45, 7) is 6.35. The van der Waals surface area contributed by atoms with Crippen molar-refractivity contribution in [1.29, 1.82) is 0 Å². The van der Waals surface area contributed by atoms with E-state index < -0.39 is 0 Å². The lowest BCUT2D eigenvalue weighted by atomic mass is 9.91. The van der Waals surface area contributed by atoms with Gasteiger partial charge in [0, 0.05) is 25.3 Å². The van der Waals surface area contributed by atoms with Gasteiger partial charge in [-0.1, -0.05) is 6.92 Å². The highest BCUT2D eigenvalue weighted by Gasteiger charge is 2.25. The normalized spacial score (nSPS) is 25.8. The second kappa shape index (κ2) is 4.83. The fourth-order valence-corrected chi connectivity index (χ4v) is 2.52. The summed E-state index contributed by atoms with van der Waals surface area (Å²) < 4.78 is 0. The number of piperidine rings is 1. The number of rotatable bonds is 2. The summed E-state index contributed by atoms with van der Waals surface area (Å²) >= 11 is 0. The molecule has 1 aromatic heterocycles. The Hall–Kier alpha value is -1.09. The van der Waals surface area contributed by atoms with Crippen molar-refractivity contribution in [2.24, 2.45) is 11.7 Å². The van der Waals surface area contributed by atoms with Crippen LogP contribution in [0.15, 0.2) is 18.5 Å². The van der Waals surface area contributed by atoms with E-state index in [-0.39, 0.29) is 0 Å². The quantitative estimate of drug-likeness (QED) is 0.829. The van der Waals surface area contributed by atoms with E-state index in [1.807, 2.05) is 18.5 Å². The highest BCUT2D eigenvalue weighted by atomic mass is 15.2. The Morgan fingerprint density at radius 3 is 3.06 bits per heavy atom. The first-order chi connectivity index (χ1) is 7.74. The minimum absolute atomic E-state index is 0.586. The van der Waals surface area contributed by atoms with Crippen molar-refractivity contribution in [2.45, 2.75) is 39.3 Å². The molecule has 88 valence electrons. The number of hydrogen-bond donors (Lipinski definition) is 1. The molecule has 0 bridgehead atoms. The van der Waals surface area contributed by atoms with E-state index in [0.717, 1.165) is 12.5 Å². The fraction of sp³-hybridized carbons (Fsp3) is 0.615. The Morgan fingerprint density at radius 2 is 2.31 bits per heavy atom. The van der Waals surface area contributed by atoms with Crippen LogP contribution in [0.4, 0.5) is 5.69 Å². The Balaban J connectivity index is 2.28. The number of anilines is 1. The van der Waals surface area contributed by atoms with Crippen molar-refractivity contribution in [3.63, 3.8) is 0 Å². The molecule has 0 saturated carbocycles. The Kier molecular flexibility index (Phi) is 3.44. The zero-order valence-corrected chi connectivity index (χ0v) is 10.2. The summed E-state index contributed by atoms with van der Waals surface area (Å²) in [7, 11) is 0. The first kappa shape index (κ1) is 11.4. The monoisotopic (exact) mass is 219 g/mol. The highest BCUT2D eigenvalue weighted by Crippen LogP contribution is 2.29. The van der Waals surface area contributed by atoms with Gasteiger partial charge in [-0.05, 0) is 37.3 Å². The molecule has 3 nitrogen and oxygen atoms in total. The molecule has 2 atom stereocenters. The molecule has 2 N–H and O–H groups in total. The van der Waals surface area contributed by atoms with E-state index in [4.69, 9.17) is 5.73 Å². The summed E-state index contributed by atoms with van der Waals surface area (Å²) in [6, 6.07) is 2.62. The second-order valence-corrected chi connectivity index (χ2v) is 4.76. The Bertz CT molecular complexity index is 351. The molecule has 2 rings (SSSR count). The van der Waals surface area contributed by atoms with Gasteiger partial charge in [0.05, 0.1) is 11.9 Å². The third kappa shape index (κ3) is 2.05. The molecule has 1 fully saturated rings. The van der Waals surface area contributed by atoms with Crippen LogP contribution < -0.4 is 10.6 Å². The lowest BCUT2D eigenvalue weighted by Crippen LogP contribution is -2.43. The molecule has 0 radical (unpaired) electrons. The third-order valence-corrected chi connectivity index (χ3v) is 3.79. The topological polar surface area (TPSA) is 42.2 Å². The number of aromatic nitrogens is 1. The molecular weight excluding hydrogens is 198 g/mol. The molecule has 2 unspecified atom stereocenters. The van der Waals surface area contributed by atoms with Gasteiger partial charge in [-0.3, -0.25) is 4.98 Å². The van der Waals surface area contributed by atoms with E-state index >= 15 is 0 Å². The number of nitrogens with two attached hydrogens (primary N) is 1. The summed E-state index contributed by atoms with van der Waals surface area (Å²) in [5.41, 5.74) is 8.21. The second-order valence-electron chi connectivity index (χ2n) is 4.76. The minimum atomic E-state index is 0.586. The van der Waals surface area contributed by atoms with Crippen molar-refractivity contribution in [3.05, 3.63) is 24.0 Å². The van der Waals surface area contributed by atoms with Gasteiger partial charge in [-0.25, -0.2) is 0 Å². The van der Waals surface area contributed by atoms with Crippen LogP contribution in [0.5, 0.6) is 0 Å². The first-order valence-corrected chi connectivity index (χ1v) is 6.13. The molecule has 16 heavy (non-hydrogen) atoms. The molecule has 1 saturated heterocycles. The van der Waals surface area contributed by atoms with Gasteiger partial charge in [0.1, 0.15) is 0 Å². The fourth-order valence-electron chi connectivity index (χ4n) is 2.52. The molecule has 0 spiro atoms. The average molecular weight is 219 g/mol. The van der Waals surface area contributed by atoms with E-state index in [1.165, 1.54) is 24.1 Å². The summed E-state index contributed by atoms with van der Waals surface area (Å²) in [4.78, 5) is 6.69. The molecular formula is C13H21N3. The Labute approximate surface area is 97.7 Å². The van der Waals surface area contributed by atoms with Gasteiger partial charge < -0.3 is 10.6 Å². The van der Waals surface area contributed by atoms with Crippen molar-refractivity contribution < 1.29 is 0 Å². The zero-order chi connectivity index (χ0) is 11.5. The standard InChI is InChI=1S/C13H21N3/c1-10-4-3-7-16(11(10)2)13-9-15-6-5-12(13)8-14/h5-6,9-11H,3-4,7-8,14H2,1-2H3. The van der Waals surface area contributed by atoms with E-state index in [9.17, 15) is 0 Å². The van der Waals surface area contributed by atoms with Crippen LogP contribution >= 0.6 is 0 Å². The van der Waals surface area contributed by atoms with Crippen LogP contribution in [0.1, 0.15) is 32.3 Å². The van der Waals surface area contributed by atoms with Crippen LogP contribution in [-0.2, 0) is 6.54 Å². The predicted octanol–water partition coefficient (Wildman–Crippen LogP) is 2.17. The average Bonchev–Trinajstić information content (AvgIpc) is 2.33. The smallest absolute Gasteiger partial charge is 0.0600 e. The third-order valence-electron chi connectivity index (χ3n) is 3.79. The van der Waals surface area contributed by atoms with Crippen molar-refractivity contribution in [3.8, 4) is 0 Å². The van der Waals surface area contributed by atoms with Gasteiger partial charge in [-0.15, -0.1) is 0 Å². The van der Waals surface area contributed by atoms with Crippen molar-refractivity contribution >= 4 is 5.69 Å². The van der Waals surface area contributed by atoms with Gasteiger partial charge in [0.15, 0.2) is 0 Å². The maximum Gasteiger partial charge on any atom is 0.0600 e. The maximum absolute atomic E-state index is 5.78. The SMILES string of the molecule is CC1CCCN(c2cnccc2CN)C1C. The number of pyridine rings is 1. The van der Waals surface area contributed by atoms with Crippen LogP contribution in [0, 0.1) is 5.92 Å². The van der Waals surface area contributed by atoms with Gasteiger partial charge in [0.25, 0.3) is 0 Å². The lowest BCUT2D eigenvalue weighted by molar-refractivity contribution is 0.363. The number of nitrogens with zero attached hydrogens (tertiary/aromatic N) is 2. The highest BCUT2D eigenvalue weighted by molar-refractivity contribution is 5.52. The Morgan fingerprint density at radius 1 is 1.50 bits per heavy atom. The molecule has 1 aliphatic rings. The molecule has 0 aromatic carbocycles. The van der Waals surface area contributed by atoms with Crippen LogP contribution in [0.2, 0.25) is 0 Å². The van der Waals surface area contributed by atoms with Crippen LogP contribution in [0.3, 0.4) is 0 Å². The lowest BCUT2D eigenvalue weighted by Gasteiger charge is -2.40. The first-order valence-electron chi connectivity index (χ1n) is 6.13. The molecule has 3 heteroatoms. The van der Waals surface area contributed by atoms with Crippen molar-refractivity contribution in [2.75, 3.05) is 11.4 Å². The molecule has 2 heterocycles. The molecule has 1 aromatic rings. The van der Waals surface area contributed by atoms with Crippen LogP contribution in [0.25, 0.3) is 0 Å². The summed E-state index contributed by atoms with van der Waals surface area (Å²) in [5, 5.41) is 0. The molecule has 0 aliphatic carbocycles. The van der Waals surface area contributed by atoms with Crippen molar-refractivity contribution in [1.82, 2.24) is 4.98 Å². The van der Waals surface area contributed by atoms with E-state index in [0.29, 0.717) is 12.6 Å². The molecule has 1 aliphatic heterocycles. The molecule has 0 amide bonds.